The number of carbonyl (C=O) groups is 2. The molecule has 0 saturated carbocycles. The van der Waals surface area contributed by atoms with Crippen LogP contribution < -0.4 is 15.8 Å². The highest BCUT2D eigenvalue weighted by Crippen LogP contribution is 2.20. The first-order valence-electron chi connectivity index (χ1n) is 8.33. The summed E-state index contributed by atoms with van der Waals surface area (Å²) in [6.45, 7) is 1.83. The molecule has 0 fully saturated rings. The van der Waals surface area contributed by atoms with Gasteiger partial charge in [-0.3, -0.25) is 9.59 Å². The molecule has 3 aromatic rings. The minimum Gasteiger partial charge on any atom is -0.484 e. The molecule has 5 nitrogen and oxygen atoms in total. The number of nitrogens with one attached hydrogen (secondary N) is 1. The third kappa shape index (κ3) is 4.19. The van der Waals surface area contributed by atoms with E-state index in [1.807, 2.05) is 37.3 Å². The number of fused-ring (bicyclic) bond motifs is 1. The van der Waals surface area contributed by atoms with E-state index in [0.717, 1.165) is 16.3 Å². The van der Waals surface area contributed by atoms with E-state index < -0.39 is 5.91 Å². The first-order valence-corrected chi connectivity index (χ1v) is 8.33. The predicted molar refractivity (Wildman–Crippen MR) is 101 cm³/mol. The Kier molecular flexibility index (Phi) is 5.17. The molecule has 3 N–H and O–H groups in total. The maximum atomic E-state index is 12.1. The highest BCUT2D eigenvalue weighted by atomic mass is 16.5. The lowest BCUT2D eigenvalue weighted by Gasteiger charge is -2.15. The van der Waals surface area contributed by atoms with Gasteiger partial charge in [0.05, 0.1) is 6.04 Å². The van der Waals surface area contributed by atoms with Crippen molar-refractivity contribution in [3.63, 3.8) is 0 Å². The van der Waals surface area contributed by atoms with Gasteiger partial charge in [0.1, 0.15) is 5.75 Å². The minimum atomic E-state index is -0.501. The monoisotopic (exact) mass is 348 g/mol. The smallest absolute Gasteiger partial charge is 0.258 e. The molecular weight excluding hydrogens is 328 g/mol. The van der Waals surface area contributed by atoms with Crippen LogP contribution in [-0.4, -0.2) is 18.4 Å². The minimum absolute atomic E-state index is 0.103. The molecule has 2 amide bonds. The molecule has 0 saturated heterocycles. The van der Waals surface area contributed by atoms with Crippen LogP contribution in [0.25, 0.3) is 10.8 Å². The van der Waals surface area contributed by atoms with Crippen molar-refractivity contribution in [2.75, 3.05) is 6.61 Å². The number of ether oxygens (including phenoxy) is 1. The highest BCUT2D eigenvalue weighted by Gasteiger charge is 2.11. The lowest BCUT2D eigenvalue weighted by atomic mass is 10.0. The summed E-state index contributed by atoms with van der Waals surface area (Å²) in [7, 11) is 0. The third-order valence-electron chi connectivity index (χ3n) is 4.16. The summed E-state index contributed by atoms with van der Waals surface area (Å²) in [5, 5.41) is 5.22. The van der Waals surface area contributed by atoms with Crippen LogP contribution in [0.2, 0.25) is 0 Å². The maximum Gasteiger partial charge on any atom is 0.258 e. The fourth-order valence-corrected chi connectivity index (χ4v) is 2.71. The number of hydrogen-bond donors (Lipinski definition) is 2. The van der Waals surface area contributed by atoms with Crippen molar-refractivity contribution in [3.8, 4) is 5.75 Å². The van der Waals surface area contributed by atoms with Gasteiger partial charge in [-0.1, -0.05) is 36.4 Å². The van der Waals surface area contributed by atoms with E-state index in [0.29, 0.717) is 11.3 Å². The Morgan fingerprint density at radius 1 is 1.00 bits per heavy atom. The van der Waals surface area contributed by atoms with Crippen LogP contribution in [0.3, 0.4) is 0 Å². The van der Waals surface area contributed by atoms with Gasteiger partial charge in [-0.2, -0.15) is 0 Å². The molecule has 132 valence electrons. The summed E-state index contributed by atoms with van der Waals surface area (Å²) in [5.74, 6) is -0.216. The Bertz CT molecular complexity index is 935. The van der Waals surface area contributed by atoms with Crippen molar-refractivity contribution >= 4 is 22.6 Å². The molecule has 0 unspecified atom stereocenters. The van der Waals surface area contributed by atoms with Crippen molar-refractivity contribution in [1.29, 1.82) is 0 Å². The van der Waals surface area contributed by atoms with Crippen LogP contribution >= 0.6 is 0 Å². The fourth-order valence-electron chi connectivity index (χ4n) is 2.71. The number of amides is 2. The summed E-state index contributed by atoms with van der Waals surface area (Å²) >= 11 is 0. The zero-order chi connectivity index (χ0) is 18.5. The van der Waals surface area contributed by atoms with E-state index in [-0.39, 0.29) is 18.6 Å². The van der Waals surface area contributed by atoms with E-state index in [1.165, 1.54) is 0 Å². The summed E-state index contributed by atoms with van der Waals surface area (Å²) in [5.41, 5.74) is 6.61. The Hall–Kier alpha value is -3.34. The summed E-state index contributed by atoms with van der Waals surface area (Å²) in [4.78, 5) is 23.2. The average Bonchev–Trinajstić information content (AvgIpc) is 2.66. The van der Waals surface area contributed by atoms with Gasteiger partial charge in [-0.15, -0.1) is 0 Å². The lowest BCUT2D eigenvalue weighted by molar-refractivity contribution is -0.123. The second-order valence-electron chi connectivity index (χ2n) is 6.07. The van der Waals surface area contributed by atoms with Crippen molar-refractivity contribution in [3.05, 3.63) is 77.9 Å². The van der Waals surface area contributed by atoms with Gasteiger partial charge in [-0.05, 0) is 53.6 Å². The van der Waals surface area contributed by atoms with Crippen LogP contribution in [0.5, 0.6) is 5.75 Å². The van der Waals surface area contributed by atoms with E-state index in [4.69, 9.17) is 10.5 Å². The molecule has 0 bridgehead atoms. The predicted octanol–water partition coefficient (Wildman–Crippen LogP) is 3.19. The van der Waals surface area contributed by atoms with Gasteiger partial charge >= 0.3 is 0 Å². The van der Waals surface area contributed by atoms with E-state index in [9.17, 15) is 9.59 Å². The Morgan fingerprint density at radius 3 is 2.38 bits per heavy atom. The first kappa shape index (κ1) is 17.5. The van der Waals surface area contributed by atoms with Crippen molar-refractivity contribution in [1.82, 2.24) is 5.32 Å². The quantitative estimate of drug-likeness (QED) is 0.718. The summed E-state index contributed by atoms with van der Waals surface area (Å²) in [6.07, 6.45) is 0. The van der Waals surface area contributed by atoms with Gasteiger partial charge in [0, 0.05) is 5.56 Å². The molecule has 0 spiro atoms. The largest absolute Gasteiger partial charge is 0.484 e. The van der Waals surface area contributed by atoms with Gasteiger partial charge in [0.25, 0.3) is 5.91 Å². The maximum absolute atomic E-state index is 12.1. The molecule has 3 aromatic carbocycles. The van der Waals surface area contributed by atoms with E-state index >= 15 is 0 Å². The Morgan fingerprint density at radius 2 is 1.69 bits per heavy atom. The number of hydrogen-bond acceptors (Lipinski definition) is 3. The van der Waals surface area contributed by atoms with Gasteiger partial charge < -0.3 is 15.8 Å². The van der Waals surface area contributed by atoms with Crippen LogP contribution in [0.4, 0.5) is 0 Å². The standard InChI is InChI=1S/C21H20N2O3/c1-14(17-7-6-15-4-2-3-5-18(15)12-17)23-20(24)13-26-19-10-8-16(9-11-19)21(22)25/h2-12,14H,13H2,1H3,(H2,22,25)(H,23,24)/t14-/m1/s1. The van der Waals surface area contributed by atoms with Crippen molar-refractivity contribution in [2.24, 2.45) is 5.73 Å². The van der Waals surface area contributed by atoms with Gasteiger partial charge in [0.2, 0.25) is 5.91 Å². The molecule has 26 heavy (non-hydrogen) atoms. The van der Waals surface area contributed by atoms with Crippen molar-refractivity contribution < 1.29 is 14.3 Å². The number of nitrogens with two attached hydrogens (primary N) is 1. The van der Waals surface area contributed by atoms with Gasteiger partial charge in [-0.25, -0.2) is 0 Å². The summed E-state index contributed by atoms with van der Waals surface area (Å²) < 4.78 is 5.45. The van der Waals surface area contributed by atoms with Crippen molar-refractivity contribution in [2.45, 2.75) is 13.0 Å². The molecule has 5 heteroatoms. The third-order valence-corrected chi connectivity index (χ3v) is 4.16. The second-order valence-corrected chi connectivity index (χ2v) is 6.07. The molecule has 0 radical (unpaired) electrons. The number of rotatable bonds is 6. The molecule has 0 aromatic heterocycles. The van der Waals surface area contributed by atoms with Crippen LogP contribution in [0.15, 0.2) is 66.7 Å². The normalized spacial score (nSPS) is 11.7. The molecule has 3 rings (SSSR count). The average molecular weight is 348 g/mol. The topological polar surface area (TPSA) is 81.4 Å². The van der Waals surface area contributed by atoms with Gasteiger partial charge in [0.15, 0.2) is 6.61 Å². The van der Waals surface area contributed by atoms with Crippen LogP contribution in [0.1, 0.15) is 28.9 Å². The number of carbonyl (C=O) groups excluding carboxylic acids is 2. The Labute approximate surface area is 151 Å². The number of benzene rings is 3. The molecule has 0 aliphatic carbocycles. The second kappa shape index (κ2) is 7.70. The molecule has 1 atom stereocenters. The summed E-state index contributed by atoms with van der Waals surface area (Å²) in [6, 6.07) is 20.4. The van der Waals surface area contributed by atoms with E-state index in [2.05, 4.69) is 17.4 Å². The van der Waals surface area contributed by atoms with Crippen LogP contribution in [-0.2, 0) is 4.79 Å². The molecule has 0 aliphatic heterocycles. The molecule has 0 heterocycles. The van der Waals surface area contributed by atoms with E-state index in [1.54, 1.807) is 24.3 Å². The molecule has 0 aliphatic rings. The first-order chi connectivity index (χ1) is 12.5. The molecular formula is C21H20N2O3. The van der Waals surface area contributed by atoms with Crippen LogP contribution in [0, 0.1) is 0 Å². The zero-order valence-corrected chi connectivity index (χ0v) is 14.4. The fraction of sp³-hybridized carbons (Fsp3) is 0.143. The Balaban J connectivity index is 1.57. The zero-order valence-electron chi connectivity index (χ0n) is 14.4. The SMILES string of the molecule is C[C@@H](NC(=O)COc1ccc(C(N)=O)cc1)c1ccc2ccccc2c1. The highest BCUT2D eigenvalue weighted by molar-refractivity contribution is 5.92. The lowest BCUT2D eigenvalue weighted by Crippen LogP contribution is -2.31. The number of primary amides is 1.